The number of benzene rings is 1. The van der Waals surface area contributed by atoms with Gasteiger partial charge in [-0.25, -0.2) is 0 Å². The van der Waals surface area contributed by atoms with Crippen molar-refractivity contribution < 1.29 is 9.26 Å². The van der Waals surface area contributed by atoms with Crippen LogP contribution in [0.25, 0.3) is 11.4 Å². The average molecular weight is 275 g/mol. The largest absolute Gasteiger partial charge is 0.493 e. The zero-order chi connectivity index (χ0) is 14.5. The van der Waals surface area contributed by atoms with Crippen LogP contribution >= 0.6 is 0 Å². The van der Waals surface area contributed by atoms with E-state index in [0.29, 0.717) is 30.7 Å². The highest BCUT2D eigenvalue weighted by molar-refractivity contribution is 5.63. The molecule has 0 aliphatic rings. The molecule has 0 aliphatic heterocycles. The standard InChI is InChI=1S/C15H21N3O2/c1-4-19-13-8-6-5-7-11(13)15-17-14(20-18-15)9-12(16)10(2)3/h5-8,10,12H,4,9,16H2,1-3H3. The smallest absolute Gasteiger partial charge is 0.228 e. The summed E-state index contributed by atoms with van der Waals surface area (Å²) in [7, 11) is 0. The molecule has 20 heavy (non-hydrogen) atoms. The molecule has 1 aromatic carbocycles. The lowest BCUT2D eigenvalue weighted by atomic mass is 10.0. The molecule has 0 aliphatic carbocycles. The Bertz CT molecular complexity index is 552. The molecule has 0 saturated heterocycles. The van der Waals surface area contributed by atoms with E-state index in [0.717, 1.165) is 11.3 Å². The van der Waals surface area contributed by atoms with Crippen LogP contribution in [0.4, 0.5) is 0 Å². The Hall–Kier alpha value is -1.88. The van der Waals surface area contributed by atoms with Crippen molar-refractivity contribution in [3.63, 3.8) is 0 Å². The monoisotopic (exact) mass is 275 g/mol. The molecule has 2 aromatic rings. The maximum absolute atomic E-state index is 6.02. The fourth-order valence-corrected chi connectivity index (χ4v) is 1.82. The second kappa shape index (κ2) is 6.52. The van der Waals surface area contributed by atoms with Gasteiger partial charge in [0.05, 0.1) is 12.2 Å². The van der Waals surface area contributed by atoms with Crippen molar-refractivity contribution in [2.24, 2.45) is 11.7 Å². The van der Waals surface area contributed by atoms with Crippen LogP contribution in [0.1, 0.15) is 26.7 Å². The molecule has 2 rings (SSSR count). The van der Waals surface area contributed by atoms with Gasteiger partial charge < -0.3 is 15.0 Å². The molecule has 0 fully saturated rings. The first-order valence-corrected chi connectivity index (χ1v) is 6.92. The molecule has 0 spiro atoms. The van der Waals surface area contributed by atoms with Crippen LogP contribution in [0, 0.1) is 5.92 Å². The maximum atomic E-state index is 6.02. The van der Waals surface area contributed by atoms with Gasteiger partial charge in [0.2, 0.25) is 11.7 Å². The third-order valence-electron chi connectivity index (χ3n) is 3.16. The summed E-state index contributed by atoms with van der Waals surface area (Å²) in [6, 6.07) is 7.68. The van der Waals surface area contributed by atoms with E-state index < -0.39 is 0 Å². The number of aromatic nitrogens is 2. The topological polar surface area (TPSA) is 74.2 Å². The van der Waals surface area contributed by atoms with Crippen LogP contribution in [0.3, 0.4) is 0 Å². The Kier molecular flexibility index (Phi) is 4.74. The molecular weight excluding hydrogens is 254 g/mol. The number of hydrogen-bond acceptors (Lipinski definition) is 5. The molecule has 1 atom stereocenters. The lowest BCUT2D eigenvalue weighted by Gasteiger charge is -2.11. The highest BCUT2D eigenvalue weighted by Crippen LogP contribution is 2.27. The van der Waals surface area contributed by atoms with Crippen LogP contribution in [-0.4, -0.2) is 22.8 Å². The number of nitrogens with zero attached hydrogens (tertiary/aromatic N) is 2. The minimum absolute atomic E-state index is 0.0189. The van der Waals surface area contributed by atoms with Gasteiger partial charge in [-0.2, -0.15) is 4.98 Å². The van der Waals surface area contributed by atoms with Crippen LogP contribution in [0.5, 0.6) is 5.75 Å². The van der Waals surface area contributed by atoms with Crippen molar-refractivity contribution in [2.75, 3.05) is 6.61 Å². The number of para-hydroxylation sites is 1. The van der Waals surface area contributed by atoms with E-state index in [4.69, 9.17) is 15.0 Å². The summed E-state index contributed by atoms with van der Waals surface area (Å²) >= 11 is 0. The zero-order valence-corrected chi connectivity index (χ0v) is 12.2. The van der Waals surface area contributed by atoms with Crippen molar-refractivity contribution in [2.45, 2.75) is 33.2 Å². The Balaban J connectivity index is 2.20. The Morgan fingerprint density at radius 3 is 2.75 bits per heavy atom. The van der Waals surface area contributed by atoms with E-state index in [1.54, 1.807) is 0 Å². The molecule has 108 valence electrons. The summed E-state index contributed by atoms with van der Waals surface area (Å²) in [5.74, 6) is 2.24. The highest BCUT2D eigenvalue weighted by Gasteiger charge is 2.16. The van der Waals surface area contributed by atoms with Crippen LogP contribution < -0.4 is 10.5 Å². The Morgan fingerprint density at radius 2 is 2.05 bits per heavy atom. The van der Waals surface area contributed by atoms with E-state index >= 15 is 0 Å². The molecule has 1 aromatic heterocycles. The molecule has 1 heterocycles. The molecule has 5 nitrogen and oxygen atoms in total. The van der Waals surface area contributed by atoms with Crippen molar-refractivity contribution >= 4 is 0 Å². The van der Waals surface area contributed by atoms with Crippen molar-refractivity contribution in [3.05, 3.63) is 30.2 Å². The normalized spacial score (nSPS) is 12.7. The first-order valence-electron chi connectivity index (χ1n) is 6.92. The lowest BCUT2D eigenvalue weighted by molar-refractivity contribution is 0.340. The number of nitrogens with two attached hydrogens (primary N) is 1. The fraction of sp³-hybridized carbons (Fsp3) is 0.467. The SMILES string of the molecule is CCOc1ccccc1-c1noc(CC(N)C(C)C)n1. The third-order valence-corrected chi connectivity index (χ3v) is 3.16. The summed E-state index contributed by atoms with van der Waals surface area (Å²) in [5, 5.41) is 4.02. The lowest BCUT2D eigenvalue weighted by Crippen LogP contribution is -2.28. The van der Waals surface area contributed by atoms with E-state index in [9.17, 15) is 0 Å². The summed E-state index contributed by atoms with van der Waals surface area (Å²) in [6.45, 7) is 6.69. The van der Waals surface area contributed by atoms with Crippen LogP contribution in [-0.2, 0) is 6.42 Å². The molecule has 2 N–H and O–H groups in total. The van der Waals surface area contributed by atoms with E-state index in [1.165, 1.54) is 0 Å². The number of hydrogen-bond donors (Lipinski definition) is 1. The predicted molar refractivity (Wildman–Crippen MR) is 77.4 cm³/mol. The molecule has 0 radical (unpaired) electrons. The van der Waals surface area contributed by atoms with Gasteiger partial charge in [-0.05, 0) is 25.0 Å². The first-order chi connectivity index (χ1) is 9.61. The molecule has 0 saturated carbocycles. The quantitative estimate of drug-likeness (QED) is 0.877. The van der Waals surface area contributed by atoms with Crippen molar-refractivity contribution in [3.8, 4) is 17.1 Å². The van der Waals surface area contributed by atoms with Crippen molar-refractivity contribution in [1.29, 1.82) is 0 Å². The molecule has 0 amide bonds. The van der Waals surface area contributed by atoms with Gasteiger partial charge in [0, 0.05) is 12.5 Å². The summed E-state index contributed by atoms with van der Waals surface area (Å²) in [5.41, 5.74) is 6.86. The van der Waals surface area contributed by atoms with Gasteiger partial charge in [-0.1, -0.05) is 31.1 Å². The second-order valence-corrected chi connectivity index (χ2v) is 5.05. The molecule has 5 heteroatoms. The average Bonchev–Trinajstić information content (AvgIpc) is 2.88. The van der Waals surface area contributed by atoms with Gasteiger partial charge >= 0.3 is 0 Å². The van der Waals surface area contributed by atoms with Gasteiger partial charge in [0.15, 0.2) is 0 Å². The van der Waals surface area contributed by atoms with E-state index in [-0.39, 0.29) is 6.04 Å². The summed E-state index contributed by atoms with van der Waals surface area (Å²) in [4.78, 5) is 4.41. The molecule has 1 unspecified atom stereocenters. The van der Waals surface area contributed by atoms with Gasteiger partial charge in [0.25, 0.3) is 0 Å². The minimum atomic E-state index is 0.0189. The van der Waals surface area contributed by atoms with Gasteiger partial charge in [-0.15, -0.1) is 0 Å². The van der Waals surface area contributed by atoms with Crippen molar-refractivity contribution in [1.82, 2.24) is 10.1 Å². The summed E-state index contributed by atoms with van der Waals surface area (Å²) in [6.07, 6.45) is 0.585. The second-order valence-electron chi connectivity index (χ2n) is 5.05. The highest BCUT2D eigenvalue weighted by atomic mass is 16.5. The summed E-state index contributed by atoms with van der Waals surface area (Å²) < 4.78 is 10.8. The third kappa shape index (κ3) is 3.36. The number of rotatable bonds is 6. The Morgan fingerprint density at radius 1 is 1.30 bits per heavy atom. The minimum Gasteiger partial charge on any atom is -0.493 e. The molecule has 0 bridgehead atoms. The Labute approximate surface area is 119 Å². The zero-order valence-electron chi connectivity index (χ0n) is 12.2. The predicted octanol–water partition coefficient (Wildman–Crippen LogP) is 2.66. The van der Waals surface area contributed by atoms with E-state index in [2.05, 4.69) is 24.0 Å². The van der Waals surface area contributed by atoms with Crippen LogP contribution in [0.2, 0.25) is 0 Å². The number of ether oxygens (including phenoxy) is 1. The molecular formula is C15H21N3O2. The van der Waals surface area contributed by atoms with Gasteiger partial charge in [0.1, 0.15) is 5.75 Å². The fourth-order valence-electron chi connectivity index (χ4n) is 1.82. The van der Waals surface area contributed by atoms with Gasteiger partial charge in [-0.3, -0.25) is 0 Å². The first kappa shape index (κ1) is 14.5. The van der Waals surface area contributed by atoms with Crippen LogP contribution in [0.15, 0.2) is 28.8 Å². The van der Waals surface area contributed by atoms with E-state index in [1.807, 2.05) is 31.2 Å². The maximum Gasteiger partial charge on any atom is 0.228 e.